The molecule has 0 saturated heterocycles. The van der Waals surface area contributed by atoms with Crippen LogP contribution in [0.5, 0.6) is 0 Å². The molecule has 0 bridgehead atoms. The Labute approximate surface area is 67.3 Å². The van der Waals surface area contributed by atoms with Crippen molar-refractivity contribution in [2.45, 2.75) is 6.54 Å². The van der Waals surface area contributed by atoms with Gasteiger partial charge in [0.25, 0.3) is 0 Å². The van der Waals surface area contributed by atoms with E-state index in [9.17, 15) is 9.59 Å². The molecule has 0 amide bonds. The smallest absolute Gasteiger partial charge is 0.349 e. The Hall–Kier alpha value is -1.85. The number of rotatable bonds is 2. The molecule has 1 rings (SSSR count). The van der Waals surface area contributed by atoms with Gasteiger partial charge in [0.2, 0.25) is 0 Å². The van der Waals surface area contributed by atoms with Crippen molar-refractivity contribution >= 4 is 11.8 Å². The van der Waals surface area contributed by atoms with Gasteiger partial charge in [0, 0.05) is 6.20 Å². The average Bonchev–Trinajstić information content (AvgIpc) is 1.97. The summed E-state index contributed by atoms with van der Waals surface area (Å²) >= 11 is 0. The van der Waals surface area contributed by atoms with Gasteiger partial charge in [-0.25, -0.2) is 9.78 Å². The van der Waals surface area contributed by atoms with Crippen molar-refractivity contribution in [2.75, 3.05) is 5.73 Å². The van der Waals surface area contributed by atoms with Gasteiger partial charge in [0.15, 0.2) is 0 Å². The van der Waals surface area contributed by atoms with Crippen LogP contribution in [0.1, 0.15) is 0 Å². The first-order valence-corrected chi connectivity index (χ1v) is 3.14. The van der Waals surface area contributed by atoms with Crippen LogP contribution < -0.4 is 11.4 Å². The summed E-state index contributed by atoms with van der Waals surface area (Å²) < 4.78 is 0.877. The maximum atomic E-state index is 10.9. The van der Waals surface area contributed by atoms with E-state index in [2.05, 4.69) is 4.98 Å². The molecule has 3 N–H and O–H groups in total. The lowest BCUT2D eigenvalue weighted by Gasteiger charge is -2.03. The van der Waals surface area contributed by atoms with Gasteiger partial charge in [-0.2, -0.15) is 0 Å². The second-order valence-electron chi connectivity index (χ2n) is 2.13. The van der Waals surface area contributed by atoms with Crippen molar-refractivity contribution in [1.82, 2.24) is 9.55 Å². The van der Waals surface area contributed by atoms with E-state index in [0.717, 1.165) is 4.57 Å². The third kappa shape index (κ3) is 1.60. The number of hydrogen-bond acceptors (Lipinski definition) is 4. The van der Waals surface area contributed by atoms with Gasteiger partial charge in [-0.3, -0.25) is 9.36 Å². The molecule has 1 aromatic heterocycles. The van der Waals surface area contributed by atoms with Crippen LogP contribution >= 0.6 is 0 Å². The number of aromatic nitrogens is 2. The Kier molecular flexibility index (Phi) is 2.09. The van der Waals surface area contributed by atoms with Gasteiger partial charge in [-0.1, -0.05) is 0 Å². The van der Waals surface area contributed by atoms with Gasteiger partial charge in [-0.15, -0.1) is 0 Å². The van der Waals surface area contributed by atoms with Crippen LogP contribution in [0.25, 0.3) is 0 Å². The molecule has 1 heterocycles. The number of carboxylic acid groups (broad SMARTS) is 1. The average molecular weight is 169 g/mol. The summed E-state index contributed by atoms with van der Waals surface area (Å²) in [6.07, 6.45) is 1.23. The highest BCUT2D eigenvalue weighted by atomic mass is 16.4. The predicted octanol–water partition coefficient (Wildman–Crippen LogP) is -1.09. The van der Waals surface area contributed by atoms with Crippen LogP contribution in [0, 0.1) is 0 Å². The Morgan fingerprint density at radius 2 is 2.42 bits per heavy atom. The number of nitrogens with two attached hydrogens (primary N) is 1. The quantitative estimate of drug-likeness (QED) is 0.586. The lowest BCUT2D eigenvalue weighted by atomic mass is 10.5. The number of carbonyl (C=O) groups is 1. The maximum absolute atomic E-state index is 10.9. The minimum Gasteiger partial charge on any atom is -0.480 e. The molecular weight excluding hydrogens is 162 g/mol. The lowest BCUT2D eigenvalue weighted by Crippen LogP contribution is -2.27. The Balaban J connectivity index is 3.13. The third-order valence-electron chi connectivity index (χ3n) is 1.27. The van der Waals surface area contributed by atoms with Crippen molar-refractivity contribution in [1.29, 1.82) is 0 Å². The largest absolute Gasteiger partial charge is 0.480 e. The molecule has 12 heavy (non-hydrogen) atoms. The molecule has 0 radical (unpaired) electrons. The van der Waals surface area contributed by atoms with Gasteiger partial charge >= 0.3 is 11.7 Å². The van der Waals surface area contributed by atoms with E-state index in [1.165, 1.54) is 12.3 Å². The highest BCUT2D eigenvalue weighted by molar-refractivity contribution is 5.67. The molecule has 0 aliphatic heterocycles. The van der Waals surface area contributed by atoms with Gasteiger partial charge in [-0.05, 0) is 6.07 Å². The minimum absolute atomic E-state index is 0.0948. The van der Waals surface area contributed by atoms with E-state index in [-0.39, 0.29) is 5.82 Å². The van der Waals surface area contributed by atoms with Crippen LogP contribution in [0.2, 0.25) is 0 Å². The molecule has 6 heteroatoms. The Morgan fingerprint density at radius 1 is 1.75 bits per heavy atom. The number of nitrogen functional groups attached to an aromatic ring is 1. The van der Waals surface area contributed by atoms with E-state index >= 15 is 0 Å². The van der Waals surface area contributed by atoms with Gasteiger partial charge in [0.05, 0.1) is 0 Å². The summed E-state index contributed by atoms with van der Waals surface area (Å²) in [5.74, 6) is -1.03. The van der Waals surface area contributed by atoms with Gasteiger partial charge in [0.1, 0.15) is 12.4 Å². The maximum Gasteiger partial charge on any atom is 0.349 e. The van der Waals surface area contributed by atoms with Crippen LogP contribution in [0.3, 0.4) is 0 Å². The number of aliphatic carboxylic acids is 1. The van der Waals surface area contributed by atoms with Gasteiger partial charge < -0.3 is 10.8 Å². The summed E-state index contributed by atoms with van der Waals surface area (Å²) in [5.41, 5.74) is 4.67. The summed E-state index contributed by atoms with van der Waals surface area (Å²) in [4.78, 5) is 24.5. The molecule has 0 aliphatic carbocycles. The normalized spacial score (nSPS) is 9.67. The zero-order chi connectivity index (χ0) is 9.14. The molecule has 6 nitrogen and oxygen atoms in total. The number of nitrogens with zero attached hydrogens (tertiary/aromatic N) is 2. The fourth-order valence-electron chi connectivity index (χ4n) is 0.742. The summed E-state index contributed by atoms with van der Waals surface area (Å²) in [6, 6.07) is 1.37. The fourth-order valence-corrected chi connectivity index (χ4v) is 0.742. The Morgan fingerprint density at radius 3 is 2.92 bits per heavy atom. The highest BCUT2D eigenvalue weighted by Crippen LogP contribution is 1.94. The minimum atomic E-state index is -1.13. The summed E-state index contributed by atoms with van der Waals surface area (Å²) in [6.45, 7) is -0.460. The zero-order valence-electron chi connectivity index (χ0n) is 6.10. The summed E-state index contributed by atoms with van der Waals surface area (Å²) in [7, 11) is 0. The molecule has 64 valence electrons. The second-order valence-corrected chi connectivity index (χ2v) is 2.13. The SMILES string of the molecule is Nc1ccnc(=O)n1CC(=O)O. The number of hydrogen-bond donors (Lipinski definition) is 2. The number of anilines is 1. The van der Waals surface area contributed by atoms with Crippen molar-refractivity contribution in [3.63, 3.8) is 0 Å². The van der Waals surface area contributed by atoms with E-state index < -0.39 is 18.2 Å². The molecule has 0 atom stereocenters. The van der Waals surface area contributed by atoms with E-state index in [0.29, 0.717) is 0 Å². The molecule has 0 aliphatic rings. The van der Waals surface area contributed by atoms with Crippen molar-refractivity contribution in [2.24, 2.45) is 0 Å². The molecule has 0 unspecified atom stereocenters. The number of carboxylic acids is 1. The van der Waals surface area contributed by atoms with Crippen molar-refractivity contribution in [3.05, 3.63) is 22.7 Å². The molecule has 0 saturated carbocycles. The van der Waals surface area contributed by atoms with E-state index in [4.69, 9.17) is 10.8 Å². The molecule has 0 aromatic carbocycles. The van der Waals surface area contributed by atoms with Crippen LogP contribution in [-0.4, -0.2) is 20.6 Å². The fraction of sp³-hybridized carbons (Fsp3) is 0.167. The van der Waals surface area contributed by atoms with Crippen LogP contribution in [0.4, 0.5) is 5.82 Å². The second kappa shape index (κ2) is 3.04. The summed E-state index contributed by atoms with van der Waals surface area (Å²) in [5, 5.41) is 8.37. The zero-order valence-corrected chi connectivity index (χ0v) is 6.10. The monoisotopic (exact) mass is 169 g/mol. The third-order valence-corrected chi connectivity index (χ3v) is 1.27. The molecule has 0 fully saturated rings. The molecule has 0 spiro atoms. The van der Waals surface area contributed by atoms with E-state index in [1.54, 1.807) is 0 Å². The van der Waals surface area contributed by atoms with Crippen molar-refractivity contribution in [3.8, 4) is 0 Å². The Bertz CT molecular complexity index is 357. The first-order chi connectivity index (χ1) is 5.61. The predicted molar refractivity (Wildman–Crippen MR) is 40.5 cm³/mol. The first kappa shape index (κ1) is 8.25. The van der Waals surface area contributed by atoms with Crippen LogP contribution in [-0.2, 0) is 11.3 Å². The lowest BCUT2D eigenvalue weighted by molar-refractivity contribution is -0.137. The highest BCUT2D eigenvalue weighted by Gasteiger charge is 2.04. The van der Waals surface area contributed by atoms with E-state index in [1.807, 2.05) is 0 Å². The molecular formula is C6H7N3O3. The van der Waals surface area contributed by atoms with Crippen LogP contribution in [0.15, 0.2) is 17.1 Å². The van der Waals surface area contributed by atoms with Crippen molar-refractivity contribution < 1.29 is 9.90 Å². The topological polar surface area (TPSA) is 98.2 Å². The first-order valence-electron chi connectivity index (χ1n) is 3.14. The standard InChI is InChI=1S/C6H7N3O3/c7-4-1-2-8-6(12)9(4)3-5(10)11/h1-2H,3,7H2,(H,10,11). The molecule has 1 aromatic rings.